The van der Waals surface area contributed by atoms with Crippen molar-refractivity contribution in [3.63, 3.8) is 0 Å². The van der Waals surface area contributed by atoms with E-state index in [2.05, 4.69) is 20.4 Å². The Labute approximate surface area is 124 Å². The third-order valence-electron chi connectivity index (χ3n) is 3.04. The molecule has 0 saturated carbocycles. The second-order valence-electron chi connectivity index (χ2n) is 4.58. The van der Waals surface area contributed by atoms with E-state index in [0.717, 1.165) is 0 Å². The first-order valence-corrected chi connectivity index (χ1v) is 6.48. The van der Waals surface area contributed by atoms with Crippen molar-refractivity contribution in [3.8, 4) is 11.3 Å². The standard InChI is InChI=1S/C15H12FN5O/c16-11-6-1-2-7-12(11)18-20-14-13(19-21-15(14)22)9-4-3-5-10(17)8-9/h1-8H,17H2,(H2,19,21,22). The van der Waals surface area contributed by atoms with Crippen LogP contribution in [0.4, 0.5) is 21.5 Å². The molecule has 0 amide bonds. The van der Waals surface area contributed by atoms with Crippen molar-refractivity contribution in [2.24, 2.45) is 10.2 Å². The molecule has 22 heavy (non-hydrogen) atoms. The Morgan fingerprint density at radius 2 is 1.82 bits per heavy atom. The molecule has 0 aliphatic heterocycles. The van der Waals surface area contributed by atoms with Crippen molar-refractivity contribution in [1.29, 1.82) is 0 Å². The fraction of sp³-hybridized carbons (Fsp3) is 0. The predicted molar refractivity (Wildman–Crippen MR) is 81.8 cm³/mol. The summed E-state index contributed by atoms with van der Waals surface area (Å²) in [7, 11) is 0. The number of anilines is 1. The number of nitrogen functional groups attached to an aromatic ring is 1. The summed E-state index contributed by atoms with van der Waals surface area (Å²) < 4.78 is 13.5. The lowest BCUT2D eigenvalue weighted by Gasteiger charge is -2.00. The molecule has 3 rings (SSSR count). The van der Waals surface area contributed by atoms with Gasteiger partial charge in [-0.2, -0.15) is 0 Å². The van der Waals surface area contributed by atoms with Gasteiger partial charge in [-0.25, -0.2) is 4.39 Å². The molecule has 3 aromatic rings. The van der Waals surface area contributed by atoms with Gasteiger partial charge < -0.3 is 5.73 Å². The molecule has 0 spiro atoms. The van der Waals surface area contributed by atoms with E-state index in [1.54, 1.807) is 36.4 Å². The topological polar surface area (TPSA) is 99.4 Å². The van der Waals surface area contributed by atoms with Crippen LogP contribution in [0.2, 0.25) is 0 Å². The fourth-order valence-corrected chi connectivity index (χ4v) is 1.99. The minimum absolute atomic E-state index is 0.0571. The molecule has 110 valence electrons. The van der Waals surface area contributed by atoms with Crippen molar-refractivity contribution < 1.29 is 4.39 Å². The van der Waals surface area contributed by atoms with Crippen LogP contribution in [0.5, 0.6) is 0 Å². The van der Waals surface area contributed by atoms with Crippen LogP contribution in [0.1, 0.15) is 0 Å². The Bertz CT molecular complexity index is 897. The second-order valence-corrected chi connectivity index (χ2v) is 4.58. The van der Waals surface area contributed by atoms with Gasteiger partial charge in [-0.3, -0.25) is 15.0 Å². The number of hydrogen-bond donors (Lipinski definition) is 3. The zero-order valence-corrected chi connectivity index (χ0v) is 11.4. The van der Waals surface area contributed by atoms with E-state index in [9.17, 15) is 9.18 Å². The van der Waals surface area contributed by atoms with Crippen LogP contribution in [-0.2, 0) is 0 Å². The highest BCUT2D eigenvalue weighted by atomic mass is 19.1. The minimum Gasteiger partial charge on any atom is -0.399 e. The summed E-state index contributed by atoms with van der Waals surface area (Å²) >= 11 is 0. The van der Waals surface area contributed by atoms with E-state index < -0.39 is 11.4 Å². The van der Waals surface area contributed by atoms with Crippen LogP contribution >= 0.6 is 0 Å². The zero-order chi connectivity index (χ0) is 15.5. The summed E-state index contributed by atoms with van der Waals surface area (Å²) in [5, 5.41) is 12.8. The maximum absolute atomic E-state index is 13.5. The molecule has 0 aliphatic carbocycles. The average Bonchev–Trinajstić information content (AvgIpc) is 2.87. The SMILES string of the molecule is Nc1cccc(-c2[nH][nH]c(=O)c2N=Nc2ccccc2F)c1. The van der Waals surface area contributed by atoms with E-state index in [1.807, 2.05) is 0 Å². The molecule has 1 heterocycles. The van der Waals surface area contributed by atoms with Crippen LogP contribution in [0.3, 0.4) is 0 Å². The Balaban J connectivity index is 2.04. The number of nitrogens with zero attached hydrogens (tertiary/aromatic N) is 2. The quantitative estimate of drug-likeness (QED) is 0.509. The molecular formula is C15H12FN5O. The van der Waals surface area contributed by atoms with E-state index in [-0.39, 0.29) is 11.4 Å². The van der Waals surface area contributed by atoms with E-state index in [0.29, 0.717) is 16.9 Å². The number of rotatable bonds is 3. The molecule has 0 unspecified atom stereocenters. The van der Waals surface area contributed by atoms with Gasteiger partial charge >= 0.3 is 0 Å². The maximum Gasteiger partial charge on any atom is 0.292 e. The van der Waals surface area contributed by atoms with Crippen LogP contribution in [-0.4, -0.2) is 10.2 Å². The summed E-state index contributed by atoms with van der Waals surface area (Å²) in [6, 6.07) is 12.9. The summed E-state index contributed by atoms with van der Waals surface area (Å²) in [6.45, 7) is 0. The van der Waals surface area contributed by atoms with E-state index in [4.69, 9.17) is 5.73 Å². The van der Waals surface area contributed by atoms with Gasteiger partial charge in [0.25, 0.3) is 5.56 Å². The third kappa shape index (κ3) is 2.64. The van der Waals surface area contributed by atoms with Crippen LogP contribution in [0.25, 0.3) is 11.3 Å². The van der Waals surface area contributed by atoms with Crippen molar-refractivity contribution in [3.05, 3.63) is 64.7 Å². The number of aromatic nitrogens is 2. The number of benzene rings is 2. The highest BCUT2D eigenvalue weighted by Crippen LogP contribution is 2.28. The molecule has 4 N–H and O–H groups in total. The number of halogens is 1. The Morgan fingerprint density at radius 1 is 1.00 bits per heavy atom. The average molecular weight is 297 g/mol. The Morgan fingerprint density at radius 3 is 2.59 bits per heavy atom. The van der Waals surface area contributed by atoms with Crippen molar-refractivity contribution in [1.82, 2.24) is 10.2 Å². The molecule has 0 radical (unpaired) electrons. The normalized spacial score (nSPS) is 11.1. The first kappa shape index (κ1) is 13.7. The smallest absolute Gasteiger partial charge is 0.292 e. The number of nitrogens with one attached hydrogen (secondary N) is 2. The first-order valence-electron chi connectivity index (χ1n) is 6.48. The first-order chi connectivity index (χ1) is 10.6. The van der Waals surface area contributed by atoms with Gasteiger partial charge in [0.2, 0.25) is 0 Å². The number of aromatic amines is 2. The van der Waals surface area contributed by atoms with Crippen LogP contribution in [0.15, 0.2) is 63.6 Å². The predicted octanol–water partition coefficient (Wildman–Crippen LogP) is 3.51. The number of azo groups is 1. The zero-order valence-electron chi connectivity index (χ0n) is 11.4. The lowest BCUT2D eigenvalue weighted by molar-refractivity contribution is 0.628. The van der Waals surface area contributed by atoms with Gasteiger partial charge in [-0.05, 0) is 24.3 Å². The van der Waals surface area contributed by atoms with Gasteiger partial charge in [-0.1, -0.05) is 24.3 Å². The van der Waals surface area contributed by atoms with E-state index >= 15 is 0 Å². The van der Waals surface area contributed by atoms with Gasteiger partial charge in [0, 0.05) is 11.3 Å². The van der Waals surface area contributed by atoms with Gasteiger partial charge in [0.05, 0.1) is 5.69 Å². The minimum atomic E-state index is -0.510. The number of nitrogens with two attached hydrogens (primary N) is 1. The van der Waals surface area contributed by atoms with Crippen molar-refractivity contribution >= 4 is 17.1 Å². The van der Waals surface area contributed by atoms with Crippen LogP contribution < -0.4 is 11.3 Å². The monoisotopic (exact) mass is 297 g/mol. The molecule has 0 atom stereocenters. The Kier molecular flexibility index (Phi) is 3.53. The fourth-order valence-electron chi connectivity index (χ4n) is 1.99. The molecule has 0 saturated heterocycles. The summed E-state index contributed by atoms with van der Waals surface area (Å²) in [5.74, 6) is -0.510. The summed E-state index contributed by atoms with van der Waals surface area (Å²) in [4.78, 5) is 11.8. The molecule has 0 aliphatic rings. The highest BCUT2D eigenvalue weighted by molar-refractivity contribution is 5.73. The molecule has 0 bridgehead atoms. The summed E-state index contributed by atoms with van der Waals surface area (Å²) in [5.41, 5.74) is 7.08. The molecule has 2 aromatic carbocycles. The molecule has 6 nitrogen and oxygen atoms in total. The van der Waals surface area contributed by atoms with Crippen LogP contribution in [0, 0.1) is 5.82 Å². The number of hydrogen-bond acceptors (Lipinski definition) is 4. The van der Waals surface area contributed by atoms with Gasteiger partial charge in [-0.15, -0.1) is 10.2 Å². The molecule has 0 fully saturated rings. The molecule has 1 aromatic heterocycles. The second kappa shape index (κ2) is 5.65. The highest BCUT2D eigenvalue weighted by Gasteiger charge is 2.12. The summed E-state index contributed by atoms with van der Waals surface area (Å²) in [6.07, 6.45) is 0. The molecular weight excluding hydrogens is 285 g/mol. The van der Waals surface area contributed by atoms with Crippen molar-refractivity contribution in [2.75, 3.05) is 5.73 Å². The lowest BCUT2D eigenvalue weighted by atomic mass is 10.1. The van der Waals surface area contributed by atoms with E-state index in [1.165, 1.54) is 12.1 Å². The maximum atomic E-state index is 13.5. The Hall–Kier alpha value is -3.22. The largest absolute Gasteiger partial charge is 0.399 e. The van der Waals surface area contributed by atoms with Gasteiger partial charge in [0.15, 0.2) is 11.5 Å². The lowest BCUT2D eigenvalue weighted by Crippen LogP contribution is -1.96. The third-order valence-corrected chi connectivity index (χ3v) is 3.04. The molecule has 7 heteroatoms. The number of H-pyrrole nitrogens is 2. The van der Waals surface area contributed by atoms with Gasteiger partial charge in [0.1, 0.15) is 5.69 Å². The van der Waals surface area contributed by atoms with Crippen molar-refractivity contribution in [2.45, 2.75) is 0 Å².